The molecule has 1 heterocycles. The molecule has 0 amide bonds. The lowest BCUT2D eigenvalue weighted by molar-refractivity contribution is 0.646. The van der Waals surface area contributed by atoms with Gasteiger partial charge in [0.1, 0.15) is 0 Å². The van der Waals surface area contributed by atoms with Crippen LogP contribution in [0.3, 0.4) is 0 Å². The molecule has 1 fully saturated rings. The molecule has 3 rings (SSSR count). The molecular weight excluding hydrogens is 220 g/mol. The van der Waals surface area contributed by atoms with Crippen molar-refractivity contribution in [1.82, 2.24) is 10.3 Å². The molecule has 2 aromatic rings. The zero-order valence-electron chi connectivity index (χ0n) is 11.3. The normalized spacial score (nSPS) is 15.4. The van der Waals surface area contributed by atoms with Crippen LogP contribution in [0.25, 0.3) is 10.9 Å². The van der Waals surface area contributed by atoms with Gasteiger partial charge in [-0.15, -0.1) is 0 Å². The number of benzene rings is 1. The highest BCUT2D eigenvalue weighted by Crippen LogP contribution is 2.25. The number of H-pyrrole nitrogens is 1. The van der Waals surface area contributed by atoms with Crippen molar-refractivity contribution in [3.8, 4) is 0 Å². The van der Waals surface area contributed by atoms with Crippen molar-refractivity contribution in [3.05, 3.63) is 35.0 Å². The number of aromatic amines is 1. The number of rotatable bonds is 5. The van der Waals surface area contributed by atoms with E-state index < -0.39 is 0 Å². The van der Waals surface area contributed by atoms with E-state index in [4.69, 9.17) is 0 Å². The largest absolute Gasteiger partial charge is 0.361 e. The van der Waals surface area contributed by atoms with Gasteiger partial charge in [0.05, 0.1) is 0 Å². The first-order valence-corrected chi connectivity index (χ1v) is 7.04. The molecule has 1 saturated carbocycles. The average molecular weight is 242 g/mol. The second-order valence-electron chi connectivity index (χ2n) is 5.65. The highest BCUT2D eigenvalue weighted by Gasteiger charge is 2.19. The van der Waals surface area contributed by atoms with E-state index in [-0.39, 0.29) is 0 Å². The number of fused-ring (bicyclic) bond motifs is 1. The van der Waals surface area contributed by atoms with Crippen molar-refractivity contribution in [2.24, 2.45) is 0 Å². The Morgan fingerprint density at radius 2 is 2.11 bits per heavy atom. The SMILES string of the molecule is Cc1cc(C)c2c(CCCNC3CC3)c[nH]c2c1. The molecule has 0 bridgehead atoms. The molecular formula is C16H22N2. The van der Waals surface area contributed by atoms with Gasteiger partial charge in [-0.2, -0.15) is 0 Å². The second-order valence-corrected chi connectivity index (χ2v) is 5.65. The summed E-state index contributed by atoms with van der Waals surface area (Å²) in [5, 5.41) is 5.02. The van der Waals surface area contributed by atoms with E-state index in [2.05, 4.69) is 42.5 Å². The van der Waals surface area contributed by atoms with Crippen molar-refractivity contribution in [2.45, 2.75) is 45.6 Å². The second kappa shape index (κ2) is 4.77. The van der Waals surface area contributed by atoms with Gasteiger partial charge in [0, 0.05) is 23.1 Å². The first-order chi connectivity index (χ1) is 8.74. The molecule has 1 aliphatic carbocycles. The Morgan fingerprint density at radius 1 is 1.28 bits per heavy atom. The van der Waals surface area contributed by atoms with Crippen LogP contribution in [0.5, 0.6) is 0 Å². The predicted molar refractivity (Wildman–Crippen MR) is 77.1 cm³/mol. The highest BCUT2D eigenvalue weighted by atomic mass is 14.9. The van der Waals surface area contributed by atoms with Gasteiger partial charge in [0.15, 0.2) is 0 Å². The molecule has 2 heteroatoms. The fourth-order valence-electron chi connectivity index (χ4n) is 2.81. The van der Waals surface area contributed by atoms with Gasteiger partial charge in [-0.25, -0.2) is 0 Å². The maximum Gasteiger partial charge on any atom is 0.0462 e. The lowest BCUT2D eigenvalue weighted by Crippen LogP contribution is -2.17. The van der Waals surface area contributed by atoms with Gasteiger partial charge < -0.3 is 10.3 Å². The van der Waals surface area contributed by atoms with Gasteiger partial charge >= 0.3 is 0 Å². The molecule has 0 aliphatic heterocycles. The monoisotopic (exact) mass is 242 g/mol. The van der Waals surface area contributed by atoms with E-state index in [1.165, 1.54) is 53.3 Å². The van der Waals surface area contributed by atoms with Gasteiger partial charge in [-0.05, 0) is 68.8 Å². The molecule has 18 heavy (non-hydrogen) atoms. The van der Waals surface area contributed by atoms with E-state index in [1.807, 2.05) is 0 Å². The van der Waals surface area contributed by atoms with Crippen molar-refractivity contribution in [1.29, 1.82) is 0 Å². The van der Waals surface area contributed by atoms with Gasteiger partial charge in [0.25, 0.3) is 0 Å². The summed E-state index contributed by atoms with van der Waals surface area (Å²) in [6.45, 7) is 5.53. The third-order valence-electron chi connectivity index (χ3n) is 3.84. The molecule has 96 valence electrons. The van der Waals surface area contributed by atoms with Crippen molar-refractivity contribution >= 4 is 10.9 Å². The number of hydrogen-bond acceptors (Lipinski definition) is 1. The van der Waals surface area contributed by atoms with E-state index in [0.717, 1.165) is 12.6 Å². The third kappa shape index (κ3) is 2.44. The number of aromatic nitrogens is 1. The average Bonchev–Trinajstić information content (AvgIpc) is 3.05. The predicted octanol–water partition coefficient (Wildman–Crippen LogP) is 3.47. The number of aryl methyl sites for hydroxylation is 3. The molecule has 0 unspecified atom stereocenters. The zero-order chi connectivity index (χ0) is 12.5. The van der Waals surface area contributed by atoms with Crippen LogP contribution in [-0.2, 0) is 6.42 Å². The Kier molecular flexibility index (Phi) is 3.13. The number of nitrogens with one attached hydrogen (secondary N) is 2. The molecule has 1 aromatic heterocycles. The van der Waals surface area contributed by atoms with Crippen molar-refractivity contribution in [3.63, 3.8) is 0 Å². The van der Waals surface area contributed by atoms with Crippen LogP contribution < -0.4 is 5.32 Å². The topological polar surface area (TPSA) is 27.8 Å². The molecule has 0 saturated heterocycles. The summed E-state index contributed by atoms with van der Waals surface area (Å²) in [5.41, 5.74) is 5.50. The standard InChI is InChI=1S/C16H22N2/c1-11-8-12(2)16-13(10-18-15(16)9-11)4-3-7-17-14-5-6-14/h8-10,14,17-18H,3-7H2,1-2H3. The van der Waals surface area contributed by atoms with E-state index in [0.29, 0.717) is 0 Å². The smallest absolute Gasteiger partial charge is 0.0462 e. The van der Waals surface area contributed by atoms with E-state index in [1.54, 1.807) is 0 Å². The minimum Gasteiger partial charge on any atom is -0.361 e. The van der Waals surface area contributed by atoms with E-state index >= 15 is 0 Å². The maximum absolute atomic E-state index is 3.58. The lowest BCUT2D eigenvalue weighted by atomic mass is 10.0. The Morgan fingerprint density at radius 3 is 2.89 bits per heavy atom. The van der Waals surface area contributed by atoms with Crippen LogP contribution in [0.1, 0.15) is 36.0 Å². The Balaban J connectivity index is 1.71. The van der Waals surface area contributed by atoms with Crippen molar-refractivity contribution in [2.75, 3.05) is 6.54 Å². The minimum atomic E-state index is 0.831. The number of hydrogen-bond donors (Lipinski definition) is 2. The van der Waals surface area contributed by atoms with Gasteiger partial charge in [-0.1, -0.05) is 6.07 Å². The highest BCUT2D eigenvalue weighted by molar-refractivity contribution is 5.87. The van der Waals surface area contributed by atoms with Crippen LogP contribution in [0, 0.1) is 13.8 Å². The zero-order valence-corrected chi connectivity index (χ0v) is 11.3. The summed E-state index contributed by atoms with van der Waals surface area (Å²) >= 11 is 0. The van der Waals surface area contributed by atoms with Crippen LogP contribution in [0.2, 0.25) is 0 Å². The first-order valence-electron chi connectivity index (χ1n) is 7.04. The summed E-state index contributed by atoms with van der Waals surface area (Å²) in [7, 11) is 0. The quantitative estimate of drug-likeness (QED) is 0.772. The van der Waals surface area contributed by atoms with Crippen LogP contribution >= 0.6 is 0 Å². The summed E-state index contributed by atoms with van der Waals surface area (Å²) in [5.74, 6) is 0. The third-order valence-corrected chi connectivity index (χ3v) is 3.84. The van der Waals surface area contributed by atoms with Crippen LogP contribution in [0.15, 0.2) is 18.3 Å². The fraction of sp³-hybridized carbons (Fsp3) is 0.500. The molecule has 0 spiro atoms. The molecule has 2 N–H and O–H groups in total. The summed E-state index contributed by atoms with van der Waals surface area (Å²) < 4.78 is 0. The Labute approximate surface area is 109 Å². The van der Waals surface area contributed by atoms with Gasteiger partial charge in [-0.3, -0.25) is 0 Å². The molecule has 2 nitrogen and oxygen atoms in total. The van der Waals surface area contributed by atoms with Crippen LogP contribution in [-0.4, -0.2) is 17.6 Å². The first kappa shape index (κ1) is 11.8. The summed E-state index contributed by atoms with van der Waals surface area (Å²) in [4.78, 5) is 3.41. The fourth-order valence-corrected chi connectivity index (χ4v) is 2.81. The summed E-state index contributed by atoms with van der Waals surface area (Å²) in [6.07, 6.45) is 7.35. The van der Waals surface area contributed by atoms with Crippen molar-refractivity contribution < 1.29 is 0 Å². The molecule has 1 aliphatic rings. The van der Waals surface area contributed by atoms with Gasteiger partial charge in [0.2, 0.25) is 0 Å². The molecule has 0 atom stereocenters. The maximum atomic E-state index is 3.58. The Hall–Kier alpha value is -1.28. The summed E-state index contributed by atoms with van der Waals surface area (Å²) in [6, 6.07) is 5.36. The lowest BCUT2D eigenvalue weighted by Gasteiger charge is -2.04. The van der Waals surface area contributed by atoms with Crippen LogP contribution in [0.4, 0.5) is 0 Å². The Bertz CT molecular complexity index is 549. The van der Waals surface area contributed by atoms with E-state index in [9.17, 15) is 0 Å². The minimum absolute atomic E-state index is 0.831. The molecule has 1 aromatic carbocycles. The molecule has 0 radical (unpaired) electrons.